The third kappa shape index (κ3) is 4.40. The highest BCUT2D eigenvalue weighted by Gasteiger charge is 2.30. The van der Waals surface area contributed by atoms with Crippen LogP contribution in [0.5, 0.6) is 5.75 Å². The summed E-state index contributed by atoms with van der Waals surface area (Å²) >= 11 is 6.42. The van der Waals surface area contributed by atoms with Crippen molar-refractivity contribution in [3.63, 3.8) is 0 Å². The number of thiocarbonyl (C=S) groups is 1. The second-order valence-corrected chi connectivity index (χ2v) is 9.07. The zero-order valence-electron chi connectivity index (χ0n) is 14.7. The first-order chi connectivity index (χ1) is 12.8. The molecule has 2 aromatic rings. The van der Waals surface area contributed by atoms with Crippen LogP contribution in [0.3, 0.4) is 0 Å². The molecule has 0 radical (unpaired) electrons. The van der Waals surface area contributed by atoms with Crippen molar-refractivity contribution in [2.75, 3.05) is 6.54 Å². The Morgan fingerprint density at radius 3 is 2.52 bits per heavy atom. The lowest BCUT2D eigenvalue weighted by molar-refractivity contribution is -0.121. The van der Waals surface area contributed by atoms with Crippen LogP contribution in [0.15, 0.2) is 58.3 Å². The molecule has 0 atom stereocenters. The van der Waals surface area contributed by atoms with Gasteiger partial charge < -0.3 is 4.18 Å². The monoisotopic (exact) mass is 419 g/mol. The van der Waals surface area contributed by atoms with E-state index in [0.717, 1.165) is 5.56 Å². The summed E-state index contributed by atoms with van der Waals surface area (Å²) in [5.41, 5.74) is 1.61. The molecule has 0 saturated carbocycles. The number of hydrogen-bond acceptors (Lipinski definition) is 6. The molecule has 1 aliphatic heterocycles. The number of aryl methyl sites for hydroxylation is 1. The summed E-state index contributed by atoms with van der Waals surface area (Å²) in [6.45, 7) is 4.25. The number of nitrogens with zero attached hydrogens (tertiary/aromatic N) is 1. The minimum atomic E-state index is -3.93. The van der Waals surface area contributed by atoms with Gasteiger partial charge in [-0.1, -0.05) is 53.8 Å². The molecular formula is C19H17NO4S3. The molecule has 0 unspecified atom stereocenters. The van der Waals surface area contributed by atoms with Gasteiger partial charge in [0.25, 0.3) is 5.91 Å². The molecule has 1 saturated heterocycles. The Hall–Kier alpha value is -2.16. The molecule has 0 aromatic heterocycles. The van der Waals surface area contributed by atoms with Crippen molar-refractivity contribution in [1.82, 2.24) is 4.90 Å². The van der Waals surface area contributed by atoms with Gasteiger partial charge in [-0.25, -0.2) is 0 Å². The van der Waals surface area contributed by atoms with Crippen molar-refractivity contribution in [3.05, 3.63) is 64.6 Å². The van der Waals surface area contributed by atoms with E-state index in [1.807, 2.05) is 13.8 Å². The van der Waals surface area contributed by atoms with Gasteiger partial charge in [0, 0.05) is 6.54 Å². The van der Waals surface area contributed by atoms with Crippen LogP contribution in [0.4, 0.5) is 0 Å². The number of hydrogen-bond donors (Lipinski definition) is 0. The number of rotatable bonds is 5. The molecule has 5 nitrogen and oxygen atoms in total. The molecule has 3 rings (SSSR count). The number of carbonyl (C=O) groups is 1. The van der Waals surface area contributed by atoms with Gasteiger partial charge in [0.1, 0.15) is 15.0 Å². The van der Waals surface area contributed by atoms with Gasteiger partial charge in [-0.2, -0.15) is 8.42 Å². The van der Waals surface area contributed by atoms with Crippen LogP contribution in [-0.2, 0) is 14.9 Å². The topological polar surface area (TPSA) is 63.7 Å². The van der Waals surface area contributed by atoms with Crippen LogP contribution in [0, 0.1) is 6.92 Å². The average molecular weight is 420 g/mol. The van der Waals surface area contributed by atoms with E-state index in [2.05, 4.69) is 0 Å². The van der Waals surface area contributed by atoms with E-state index >= 15 is 0 Å². The van der Waals surface area contributed by atoms with Gasteiger partial charge in [-0.15, -0.1) is 0 Å². The summed E-state index contributed by atoms with van der Waals surface area (Å²) in [6, 6.07) is 13.0. The third-order valence-corrected chi connectivity index (χ3v) is 6.50. The van der Waals surface area contributed by atoms with E-state index < -0.39 is 10.1 Å². The molecule has 0 bridgehead atoms. The van der Waals surface area contributed by atoms with Crippen LogP contribution in [0.2, 0.25) is 0 Å². The molecule has 1 amide bonds. The number of benzene rings is 2. The fraction of sp³-hybridized carbons (Fsp3) is 0.158. The van der Waals surface area contributed by atoms with Crippen molar-refractivity contribution >= 4 is 50.4 Å². The fourth-order valence-electron chi connectivity index (χ4n) is 2.46. The molecular weight excluding hydrogens is 402 g/mol. The van der Waals surface area contributed by atoms with Crippen molar-refractivity contribution in [2.45, 2.75) is 18.7 Å². The number of amides is 1. The van der Waals surface area contributed by atoms with E-state index in [4.69, 9.17) is 16.4 Å². The number of likely N-dealkylation sites (N-methyl/N-ethyl adjacent to an activating group) is 1. The molecule has 0 aliphatic carbocycles. The summed E-state index contributed by atoms with van der Waals surface area (Å²) in [4.78, 5) is 14.4. The molecule has 140 valence electrons. The van der Waals surface area contributed by atoms with Crippen LogP contribution in [0.25, 0.3) is 6.08 Å². The quantitative estimate of drug-likeness (QED) is 0.415. The molecule has 0 spiro atoms. The minimum Gasteiger partial charge on any atom is -0.379 e. The second kappa shape index (κ2) is 7.84. The van der Waals surface area contributed by atoms with E-state index in [1.165, 1.54) is 28.8 Å². The third-order valence-electron chi connectivity index (χ3n) is 3.86. The van der Waals surface area contributed by atoms with E-state index in [1.54, 1.807) is 42.5 Å². The Labute approximate surface area is 168 Å². The Morgan fingerprint density at radius 1 is 1.19 bits per heavy atom. The highest BCUT2D eigenvalue weighted by atomic mass is 32.2. The minimum absolute atomic E-state index is 0.0855. The van der Waals surface area contributed by atoms with Crippen molar-refractivity contribution in [3.8, 4) is 5.75 Å². The zero-order valence-corrected chi connectivity index (χ0v) is 17.2. The van der Waals surface area contributed by atoms with Gasteiger partial charge in [0.2, 0.25) is 0 Å². The predicted molar refractivity (Wildman–Crippen MR) is 111 cm³/mol. The number of carbonyl (C=O) groups excluding carboxylic acids is 1. The van der Waals surface area contributed by atoms with E-state index in [9.17, 15) is 13.2 Å². The summed E-state index contributed by atoms with van der Waals surface area (Å²) < 4.78 is 30.6. The Bertz CT molecular complexity index is 1030. The molecule has 1 heterocycles. The first-order valence-electron chi connectivity index (χ1n) is 8.17. The molecule has 2 aromatic carbocycles. The van der Waals surface area contributed by atoms with Gasteiger partial charge in [-0.3, -0.25) is 9.69 Å². The summed E-state index contributed by atoms with van der Waals surface area (Å²) in [5, 5.41) is 0. The number of thioether (sulfide) groups is 1. The maximum absolute atomic E-state index is 12.4. The van der Waals surface area contributed by atoms with Crippen molar-refractivity contribution < 1.29 is 17.4 Å². The largest absolute Gasteiger partial charge is 0.379 e. The summed E-state index contributed by atoms with van der Waals surface area (Å²) in [5.74, 6) is 0.0291. The summed E-state index contributed by atoms with van der Waals surface area (Å²) in [7, 11) is -3.93. The molecule has 1 aliphatic rings. The van der Waals surface area contributed by atoms with Gasteiger partial charge in [-0.05, 0) is 49.8 Å². The van der Waals surface area contributed by atoms with Gasteiger partial charge in [0.15, 0.2) is 0 Å². The van der Waals surface area contributed by atoms with Crippen LogP contribution in [-0.4, -0.2) is 30.1 Å². The van der Waals surface area contributed by atoms with Gasteiger partial charge >= 0.3 is 10.1 Å². The molecule has 1 fully saturated rings. The second-order valence-electron chi connectivity index (χ2n) is 5.85. The lowest BCUT2D eigenvalue weighted by atomic mass is 10.2. The van der Waals surface area contributed by atoms with Crippen molar-refractivity contribution in [2.24, 2.45) is 0 Å². The lowest BCUT2D eigenvalue weighted by Gasteiger charge is -2.09. The average Bonchev–Trinajstić information content (AvgIpc) is 2.88. The maximum Gasteiger partial charge on any atom is 0.339 e. The lowest BCUT2D eigenvalue weighted by Crippen LogP contribution is -2.27. The molecule has 27 heavy (non-hydrogen) atoms. The standard InChI is InChI=1S/C19H17NO4S3/c1-3-20-18(21)17(26-19(20)25)12-14-5-4-6-15(11-14)24-27(22,23)16-9-7-13(2)8-10-16/h4-12H,3H2,1-2H3/b17-12-. The van der Waals surface area contributed by atoms with Crippen molar-refractivity contribution in [1.29, 1.82) is 0 Å². The Balaban J connectivity index is 1.84. The zero-order chi connectivity index (χ0) is 19.6. The molecule has 8 heteroatoms. The predicted octanol–water partition coefficient (Wildman–Crippen LogP) is 3.98. The maximum atomic E-state index is 12.4. The Morgan fingerprint density at radius 2 is 1.89 bits per heavy atom. The first kappa shape index (κ1) is 19.6. The van der Waals surface area contributed by atoms with Gasteiger partial charge in [0.05, 0.1) is 4.91 Å². The van der Waals surface area contributed by atoms with Crippen LogP contribution < -0.4 is 4.18 Å². The normalized spacial score (nSPS) is 16.2. The highest BCUT2D eigenvalue weighted by molar-refractivity contribution is 8.26. The van der Waals surface area contributed by atoms with Crippen LogP contribution in [0.1, 0.15) is 18.1 Å². The fourth-order valence-corrected chi connectivity index (χ4v) is 4.77. The first-order valence-corrected chi connectivity index (χ1v) is 10.8. The SMILES string of the molecule is CCN1C(=O)/C(=C/c2cccc(OS(=O)(=O)c3ccc(C)cc3)c2)SC1=S. The smallest absolute Gasteiger partial charge is 0.339 e. The summed E-state index contributed by atoms with van der Waals surface area (Å²) in [6.07, 6.45) is 1.68. The Kier molecular flexibility index (Phi) is 5.69. The molecule has 0 N–H and O–H groups in total. The van der Waals surface area contributed by atoms with Crippen LogP contribution >= 0.6 is 24.0 Å². The van der Waals surface area contributed by atoms with E-state index in [-0.39, 0.29) is 16.6 Å². The highest BCUT2D eigenvalue weighted by Crippen LogP contribution is 2.32. The van der Waals surface area contributed by atoms with E-state index in [0.29, 0.717) is 21.3 Å².